The van der Waals surface area contributed by atoms with Crippen molar-refractivity contribution in [3.8, 4) is 0 Å². The van der Waals surface area contributed by atoms with Crippen LogP contribution >= 0.6 is 0 Å². The third kappa shape index (κ3) is 4.59. The number of benzene rings is 2. The first-order valence-corrected chi connectivity index (χ1v) is 7.71. The van der Waals surface area contributed by atoms with Gasteiger partial charge in [0.1, 0.15) is 0 Å². The molecule has 4 N–H and O–H groups in total. The lowest BCUT2D eigenvalue weighted by atomic mass is 10.3. The molecule has 2 rings (SSSR count). The van der Waals surface area contributed by atoms with E-state index in [1.165, 1.54) is 24.3 Å². The lowest BCUT2D eigenvalue weighted by Gasteiger charge is -2.08. The fraction of sp³-hybridized carbons (Fsp3) is 0.0714. The Morgan fingerprint density at radius 2 is 1.57 bits per heavy atom. The Bertz CT molecular complexity index is 713. The van der Waals surface area contributed by atoms with Gasteiger partial charge in [-0.15, -0.1) is 0 Å². The summed E-state index contributed by atoms with van der Waals surface area (Å²) in [5.41, 5.74) is 1.35. The van der Waals surface area contributed by atoms with Gasteiger partial charge in [-0.05, 0) is 36.4 Å². The molecule has 110 valence electrons. The monoisotopic (exact) mass is 305 g/mol. The summed E-state index contributed by atoms with van der Waals surface area (Å²) in [6.45, 7) is 0.112. The van der Waals surface area contributed by atoms with Crippen LogP contribution in [0.1, 0.15) is 0 Å². The molecule has 6 nitrogen and oxygen atoms in total. The number of nitrogens with one attached hydrogen (secondary N) is 2. The largest absolute Gasteiger partial charge is 0.376 e. The van der Waals surface area contributed by atoms with E-state index in [-0.39, 0.29) is 17.3 Å². The van der Waals surface area contributed by atoms with Crippen LogP contribution in [0.5, 0.6) is 0 Å². The fourth-order valence-corrected chi connectivity index (χ4v) is 2.19. The lowest BCUT2D eigenvalue weighted by molar-refractivity contribution is -0.114. The molecule has 7 heteroatoms. The number of carbonyl (C=O) groups is 1. The lowest BCUT2D eigenvalue weighted by Crippen LogP contribution is -2.21. The number of anilines is 2. The molecule has 0 aromatic heterocycles. The van der Waals surface area contributed by atoms with Crippen molar-refractivity contribution in [2.45, 2.75) is 4.90 Å². The van der Waals surface area contributed by atoms with Crippen LogP contribution in [0.3, 0.4) is 0 Å². The first-order valence-electron chi connectivity index (χ1n) is 6.17. The second-order valence-electron chi connectivity index (χ2n) is 4.34. The Morgan fingerprint density at radius 3 is 2.14 bits per heavy atom. The summed E-state index contributed by atoms with van der Waals surface area (Å²) in [4.78, 5) is 11.8. The molecule has 0 aliphatic carbocycles. The van der Waals surface area contributed by atoms with E-state index in [0.29, 0.717) is 5.69 Å². The van der Waals surface area contributed by atoms with Crippen molar-refractivity contribution >= 4 is 27.3 Å². The number of sulfonamides is 1. The number of nitrogens with two attached hydrogens (primary N) is 1. The third-order valence-corrected chi connectivity index (χ3v) is 3.62. The average molecular weight is 305 g/mol. The summed E-state index contributed by atoms with van der Waals surface area (Å²) in [6.07, 6.45) is 0. The Hall–Kier alpha value is -2.38. The predicted molar refractivity (Wildman–Crippen MR) is 81.4 cm³/mol. The number of amides is 1. The quantitative estimate of drug-likeness (QED) is 0.776. The van der Waals surface area contributed by atoms with Crippen LogP contribution in [0.25, 0.3) is 0 Å². The molecule has 0 heterocycles. The molecule has 0 radical (unpaired) electrons. The molecule has 0 fully saturated rings. The maximum atomic E-state index is 11.8. The van der Waals surface area contributed by atoms with Gasteiger partial charge < -0.3 is 10.6 Å². The smallest absolute Gasteiger partial charge is 0.243 e. The van der Waals surface area contributed by atoms with Crippen LogP contribution in [0.15, 0.2) is 59.5 Å². The van der Waals surface area contributed by atoms with Gasteiger partial charge in [-0.25, -0.2) is 13.6 Å². The minimum absolute atomic E-state index is 0.00269. The van der Waals surface area contributed by atoms with Crippen molar-refractivity contribution in [2.24, 2.45) is 5.14 Å². The number of rotatable bonds is 5. The molecule has 21 heavy (non-hydrogen) atoms. The zero-order chi connectivity index (χ0) is 15.3. The van der Waals surface area contributed by atoms with Gasteiger partial charge in [0.05, 0.1) is 11.4 Å². The zero-order valence-corrected chi connectivity index (χ0v) is 11.9. The predicted octanol–water partition coefficient (Wildman–Crippen LogP) is 1.38. The van der Waals surface area contributed by atoms with Crippen LogP contribution in [0.2, 0.25) is 0 Å². The fourth-order valence-electron chi connectivity index (χ4n) is 1.67. The van der Waals surface area contributed by atoms with Crippen LogP contribution in [0.4, 0.5) is 11.4 Å². The third-order valence-electron chi connectivity index (χ3n) is 2.69. The Labute approximate surface area is 123 Å². The molecule has 0 saturated heterocycles. The van der Waals surface area contributed by atoms with Crippen molar-refractivity contribution in [1.29, 1.82) is 0 Å². The molecule has 0 spiro atoms. The summed E-state index contributed by atoms with van der Waals surface area (Å²) >= 11 is 0. The molecule has 1 amide bonds. The van der Waals surface area contributed by atoms with E-state index in [1.807, 2.05) is 30.3 Å². The molecule has 2 aromatic carbocycles. The number of carbonyl (C=O) groups excluding carboxylic acids is 1. The number of hydrogen-bond acceptors (Lipinski definition) is 4. The Balaban J connectivity index is 1.91. The molecular formula is C14H15N3O3S. The highest BCUT2D eigenvalue weighted by molar-refractivity contribution is 7.89. The molecule has 0 bridgehead atoms. The molecule has 0 aliphatic rings. The second kappa shape index (κ2) is 6.38. The van der Waals surface area contributed by atoms with Crippen LogP contribution < -0.4 is 15.8 Å². The summed E-state index contributed by atoms with van der Waals surface area (Å²) in [5, 5.41) is 10.6. The van der Waals surface area contributed by atoms with Gasteiger partial charge in [0.2, 0.25) is 15.9 Å². The van der Waals surface area contributed by atoms with E-state index in [1.54, 1.807) is 0 Å². The summed E-state index contributed by atoms with van der Waals surface area (Å²) in [6, 6.07) is 15.0. The van der Waals surface area contributed by atoms with Gasteiger partial charge in [0.25, 0.3) is 0 Å². The molecular weight excluding hydrogens is 290 g/mol. The zero-order valence-electron chi connectivity index (χ0n) is 11.1. The van der Waals surface area contributed by atoms with Crippen LogP contribution in [-0.4, -0.2) is 20.9 Å². The van der Waals surface area contributed by atoms with E-state index < -0.39 is 10.0 Å². The standard InChI is InChI=1S/C14H15N3O3S/c15-21(19,20)13-8-6-12(7-9-13)17-14(18)10-16-11-4-2-1-3-5-11/h1-9,16H,10H2,(H,17,18)(H2,15,19,20). The second-order valence-corrected chi connectivity index (χ2v) is 5.90. The number of para-hydroxylation sites is 1. The number of hydrogen-bond donors (Lipinski definition) is 3. The number of primary sulfonamides is 1. The minimum atomic E-state index is -3.72. The van der Waals surface area contributed by atoms with E-state index in [4.69, 9.17) is 5.14 Å². The van der Waals surface area contributed by atoms with E-state index >= 15 is 0 Å². The topological polar surface area (TPSA) is 101 Å². The maximum absolute atomic E-state index is 11.8. The maximum Gasteiger partial charge on any atom is 0.243 e. The highest BCUT2D eigenvalue weighted by atomic mass is 32.2. The molecule has 0 atom stereocenters. The van der Waals surface area contributed by atoms with Crippen molar-refractivity contribution < 1.29 is 13.2 Å². The van der Waals surface area contributed by atoms with Crippen molar-refractivity contribution in [3.63, 3.8) is 0 Å². The minimum Gasteiger partial charge on any atom is -0.376 e. The average Bonchev–Trinajstić information content (AvgIpc) is 2.46. The summed E-state index contributed by atoms with van der Waals surface area (Å²) < 4.78 is 22.2. The Morgan fingerprint density at radius 1 is 0.952 bits per heavy atom. The van der Waals surface area contributed by atoms with Crippen LogP contribution in [-0.2, 0) is 14.8 Å². The Kier molecular flexibility index (Phi) is 4.56. The van der Waals surface area contributed by atoms with Crippen LogP contribution in [0, 0.1) is 0 Å². The summed E-state index contributed by atoms with van der Waals surface area (Å²) in [7, 11) is -3.72. The SMILES string of the molecule is NS(=O)(=O)c1ccc(NC(=O)CNc2ccccc2)cc1. The van der Waals surface area contributed by atoms with Gasteiger partial charge in [-0.3, -0.25) is 4.79 Å². The highest BCUT2D eigenvalue weighted by Crippen LogP contribution is 2.12. The van der Waals surface area contributed by atoms with Gasteiger partial charge in [0.15, 0.2) is 0 Å². The van der Waals surface area contributed by atoms with Crippen molar-refractivity contribution in [2.75, 3.05) is 17.2 Å². The van der Waals surface area contributed by atoms with Gasteiger partial charge in [-0.2, -0.15) is 0 Å². The van der Waals surface area contributed by atoms with Gasteiger partial charge in [-0.1, -0.05) is 18.2 Å². The summed E-state index contributed by atoms with van der Waals surface area (Å²) in [5.74, 6) is -0.234. The highest BCUT2D eigenvalue weighted by Gasteiger charge is 2.07. The van der Waals surface area contributed by atoms with E-state index in [9.17, 15) is 13.2 Å². The molecule has 0 unspecified atom stereocenters. The molecule has 0 aliphatic heterocycles. The normalized spacial score (nSPS) is 10.9. The first-order chi connectivity index (χ1) is 9.95. The van der Waals surface area contributed by atoms with Gasteiger partial charge in [0, 0.05) is 11.4 Å². The van der Waals surface area contributed by atoms with Crippen molar-refractivity contribution in [1.82, 2.24) is 0 Å². The molecule has 0 saturated carbocycles. The first kappa shape index (κ1) is 15.0. The van der Waals surface area contributed by atoms with E-state index in [2.05, 4.69) is 10.6 Å². The molecule has 2 aromatic rings. The van der Waals surface area contributed by atoms with E-state index in [0.717, 1.165) is 5.69 Å². The van der Waals surface area contributed by atoms with Gasteiger partial charge >= 0.3 is 0 Å². The van der Waals surface area contributed by atoms with Crippen molar-refractivity contribution in [3.05, 3.63) is 54.6 Å².